The predicted octanol–water partition coefficient (Wildman–Crippen LogP) is 4.21. The van der Waals surface area contributed by atoms with E-state index >= 15 is 0 Å². The molecular formula is C11H18INOP2SSi. The number of fused-ring (bicyclic) bond motifs is 1. The zero-order valence-corrected chi connectivity index (χ0v) is 17.0. The second kappa shape index (κ2) is 5.14. The van der Waals surface area contributed by atoms with Gasteiger partial charge in [-0.3, -0.25) is 4.79 Å². The van der Waals surface area contributed by atoms with Gasteiger partial charge in [0.05, 0.1) is 14.1 Å². The maximum absolute atomic E-state index is 12.4. The molecule has 4 unspecified atom stereocenters. The third kappa shape index (κ3) is 2.09. The molecule has 2 heterocycles. The monoisotopic (exact) mass is 429 g/mol. The molecule has 2 aliphatic rings. The Labute approximate surface area is 131 Å². The molecule has 100 valence electrons. The van der Waals surface area contributed by atoms with Gasteiger partial charge in [0, 0.05) is 12.0 Å². The molecule has 0 aromatic rings. The summed E-state index contributed by atoms with van der Waals surface area (Å²) in [7, 11) is 0.0958. The van der Waals surface area contributed by atoms with Gasteiger partial charge in [-0.1, -0.05) is 34.0 Å². The van der Waals surface area contributed by atoms with Crippen molar-refractivity contribution in [3.8, 4) is 0 Å². The molecule has 1 fully saturated rings. The van der Waals surface area contributed by atoms with Crippen LogP contribution in [0.5, 0.6) is 0 Å². The van der Waals surface area contributed by atoms with Crippen LogP contribution < -0.4 is 0 Å². The quantitative estimate of drug-likeness (QED) is 0.220. The summed E-state index contributed by atoms with van der Waals surface area (Å²) in [6.45, 7) is 13.2. The van der Waals surface area contributed by atoms with Crippen molar-refractivity contribution in [2.45, 2.75) is 30.4 Å². The highest BCUT2D eigenvalue weighted by Gasteiger charge is 2.65. The van der Waals surface area contributed by atoms with E-state index in [-0.39, 0.29) is 16.7 Å². The molecule has 0 aliphatic carbocycles. The van der Waals surface area contributed by atoms with Gasteiger partial charge in [-0.05, 0) is 33.8 Å². The van der Waals surface area contributed by atoms with Crippen LogP contribution in [0, 0.1) is 0 Å². The number of nitrogens with zero attached hydrogens (tertiary/aromatic N) is 1. The molecule has 2 nitrogen and oxygen atoms in total. The van der Waals surface area contributed by atoms with Gasteiger partial charge in [-0.15, -0.1) is 18.3 Å². The van der Waals surface area contributed by atoms with Crippen LogP contribution >= 0.6 is 51.0 Å². The van der Waals surface area contributed by atoms with Crippen molar-refractivity contribution in [3.05, 3.63) is 20.8 Å². The highest BCUT2D eigenvalue weighted by molar-refractivity contribution is 14.1. The SMILES string of the molecule is C=CC12SC([Si](C)(C)C)=C(I)C1N(PPC)C2=O. The summed E-state index contributed by atoms with van der Waals surface area (Å²) in [6, 6.07) is 0.278. The fourth-order valence-electron chi connectivity index (χ4n) is 2.28. The average molecular weight is 429 g/mol. The van der Waals surface area contributed by atoms with E-state index in [1.54, 1.807) is 11.8 Å². The molecule has 7 heteroatoms. The first kappa shape index (κ1) is 15.5. The number of carbonyl (C=O) groups is 1. The van der Waals surface area contributed by atoms with Gasteiger partial charge in [0.25, 0.3) is 0 Å². The van der Waals surface area contributed by atoms with Crippen LogP contribution in [0.25, 0.3) is 0 Å². The normalized spacial score (nSPS) is 32.8. The van der Waals surface area contributed by atoms with E-state index < -0.39 is 8.07 Å². The zero-order chi connectivity index (χ0) is 13.7. The number of carbonyl (C=O) groups excluding carboxylic acids is 1. The van der Waals surface area contributed by atoms with E-state index in [1.165, 1.54) is 8.11 Å². The summed E-state index contributed by atoms with van der Waals surface area (Å²) >= 11 is 4.26. The first-order valence-corrected chi connectivity index (χ1v) is 14.6. The second-order valence-electron chi connectivity index (χ2n) is 5.47. The number of halogens is 1. The van der Waals surface area contributed by atoms with Gasteiger partial charge in [-0.25, -0.2) is 0 Å². The van der Waals surface area contributed by atoms with Crippen molar-refractivity contribution in [3.63, 3.8) is 0 Å². The predicted molar refractivity (Wildman–Crippen MR) is 98.1 cm³/mol. The van der Waals surface area contributed by atoms with Crippen molar-refractivity contribution in [2.24, 2.45) is 0 Å². The highest BCUT2D eigenvalue weighted by atomic mass is 127. The lowest BCUT2D eigenvalue weighted by atomic mass is 9.90. The molecule has 0 radical (unpaired) electrons. The maximum atomic E-state index is 12.4. The molecule has 0 aromatic carbocycles. The zero-order valence-electron chi connectivity index (χ0n) is 11.0. The molecular weight excluding hydrogens is 411 g/mol. The molecule has 0 N–H and O–H groups in total. The van der Waals surface area contributed by atoms with Crippen LogP contribution in [0.15, 0.2) is 20.8 Å². The fourth-order valence-corrected chi connectivity index (χ4v) is 12.6. The van der Waals surface area contributed by atoms with Crippen LogP contribution in [-0.2, 0) is 4.79 Å². The fraction of sp³-hybridized carbons (Fsp3) is 0.545. The van der Waals surface area contributed by atoms with Gasteiger partial charge in [0.15, 0.2) is 0 Å². The second-order valence-corrected chi connectivity index (χ2v) is 16.7. The van der Waals surface area contributed by atoms with Crippen LogP contribution in [-0.4, -0.2) is 36.1 Å². The molecule has 0 bridgehead atoms. The number of thioether (sulfide) groups is 1. The van der Waals surface area contributed by atoms with Crippen molar-refractivity contribution >= 4 is 65.0 Å². The van der Waals surface area contributed by atoms with Crippen molar-refractivity contribution in [1.82, 2.24) is 4.67 Å². The molecule has 1 saturated heterocycles. The molecule has 0 saturated carbocycles. The van der Waals surface area contributed by atoms with E-state index in [0.29, 0.717) is 8.42 Å². The summed E-state index contributed by atoms with van der Waals surface area (Å²) < 4.78 is 4.61. The Bertz CT molecular complexity index is 451. The van der Waals surface area contributed by atoms with Crippen molar-refractivity contribution in [1.29, 1.82) is 0 Å². The lowest BCUT2D eigenvalue weighted by molar-refractivity contribution is -0.137. The Morgan fingerprint density at radius 2 is 2.17 bits per heavy atom. The largest absolute Gasteiger partial charge is 0.309 e. The number of hydrogen-bond acceptors (Lipinski definition) is 2. The Balaban J connectivity index is 2.40. The molecule has 4 atom stereocenters. The number of rotatable bonds is 4. The smallest absolute Gasteiger partial charge is 0.249 e. The molecule has 18 heavy (non-hydrogen) atoms. The Kier molecular flexibility index (Phi) is 4.42. The van der Waals surface area contributed by atoms with E-state index in [2.05, 4.69) is 60.1 Å². The summed E-state index contributed by atoms with van der Waals surface area (Å²) in [4.78, 5) is 12.4. The first-order chi connectivity index (χ1) is 8.29. The van der Waals surface area contributed by atoms with Crippen molar-refractivity contribution < 1.29 is 4.79 Å². The van der Waals surface area contributed by atoms with Crippen LogP contribution in [0.4, 0.5) is 0 Å². The molecule has 1 amide bonds. The summed E-state index contributed by atoms with van der Waals surface area (Å²) in [5.74, 6) is 0.280. The topological polar surface area (TPSA) is 20.3 Å². The van der Waals surface area contributed by atoms with Crippen LogP contribution in [0.1, 0.15) is 0 Å². The van der Waals surface area contributed by atoms with E-state index in [9.17, 15) is 4.79 Å². The van der Waals surface area contributed by atoms with Crippen LogP contribution in [0.3, 0.4) is 0 Å². The minimum atomic E-state index is -1.36. The van der Waals surface area contributed by atoms with Gasteiger partial charge in [0.2, 0.25) is 5.91 Å². The van der Waals surface area contributed by atoms with E-state index in [0.717, 1.165) is 8.27 Å². The number of amides is 1. The van der Waals surface area contributed by atoms with Gasteiger partial charge >= 0.3 is 0 Å². The summed E-state index contributed by atoms with van der Waals surface area (Å²) in [5.41, 5.74) is 0. The third-order valence-electron chi connectivity index (χ3n) is 3.16. The molecule has 2 aliphatic heterocycles. The summed E-state index contributed by atoms with van der Waals surface area (Å²) in [5, 5.41) is 0. The summed E-state index contributed by atoms with van der Waals surface area (Å²) in [6.07, 6.45) is 1.89. The highest BCUT2D eigenvalue weighted by Crippen LogP contribution is 2.64. The minimum Gasteiger partial charge on any atom is -0.309 e. The maximum Gasteiger partial charge on any atom is 0.249 e. The Hall–Kier alpha value is 1.11. The van der Waals surface area contributed by atoms with E-state index in [1.807, 2.05) is 6.08 Å². The Morgan fingerprint density at radius 3 is 2.61 bits per heavy atom. The number of β-lactam (4-membered cyclic amide) rings is 1. The average Bonchev–Trinajstić information content (AvgIpc) is 2.56. The molecule has 0 aromatic heterocycles. The van der Waals surface area contributed by atoms with Gasteiger partial charge in [-0.2, -0.15) is 0 Å². The third-order valence-corrected chi connectivity index (χ3v) is 12.6. The molecule has 2 rings (SSSR count). The van der Waals surface area contributed by atoms with Crippen molar-refractivity contribution in [2.75, 3.05) is 6.66 Å². The Morgan fingerprint density at radius 1 is 1.56 bits per heavy atom. The van der Waals surface area contributed by atoms with Gasteiger partial charge < -0.3 is 4.67 Å². The molecule has 0 spiro atoms. The minimum absolute atomic E-state index is 0.278. The van der Waals surface area contributed by atoms with Crippen LogP contribution in [0.2, 0.25) is 19.6 Å². The lowest BCUT2D eigenvalue weighted by Gasteiger charge is -2.50. The lowest BCUT2D eigenvalue weighted by Crippen LogP contribution is -2.66. The first-order valence-electron chi connectivity index (χ1n) is 5.78. The van der Waals surface area contributed by atoms with Gasteiger partial charge in [0.1, 0.15) is 4.75 Å². The number of hydrogen-bond donors (Lipinski definition) is 0. The standard InChI is InChI=1S/C11H18INOP2SSi/c1-6-11-8(13(10(11)14)16-15-2)7(12)9(17-11)18(3,4)5/h6,8,15-16H,1H2,2-5H3. The van der Waals surface area contributed by atoms with E-state index in [4.69, 9.17) is 0 Å².